The smallest absolute Gasteiger partial charge is 0.251 e. The van der Waals surface area contributed by atoms with E-state index in [-0.39, 0.29) is 17.4 Å². The van der Waals surface area contributed by atoms with Gasteiger partial charge in [-0.1, -0.05) is 13.3 Å². The van der Waals surface area contributed by atoms with Crippen molar-refractivity contribution in [3.05, 3.63) is 29.8 Å². The lowest BCUT2D eigenvalue weighted by atomic mass is 10.1. The van der Waals surface area contributed by atoms with Crippen molar-refractivity contribution in [2.24, 2.45) is 0 Å². The Labute approximate surface area is 121 Å². The molecular weight excluding hydrogens is 252 g/mol. The number of anilines is 1. The van der Waals surface area contributed by atoms with Crippen LogP contribution in [0, 0.1) is 0 Å². The Morgan fingerprint density at radius 3 is 2.20 bits per heavy atom. The minimum atomic E-state index is -0.260. The topological polar surface area (TPSA) is 58.2 Å². The second-order valence-electron chi connectivity index (χ2n) is 5.93. The van der Waals surface area contributed by atoms with E-state index in [9.17, 15) is 9.59 Å². The van der Waals surface area contributed by atoms with E-state index >= 15 is 0 Å². The van der Waals surface area contributed by atoms with E-state index < -0.39 is 0 Å². The second kappa shape index (κ2) is 7.08. The van der Waals surface area contributed by atoms with E-state index in [4.69, 9.17) is 0 Å². The fourth-order valence-corrected chi connectivity index (χ4v) is 1.68. The summed E-state index contributed by atoms with van der Waals surface area (Å²) in [5.41, 5.74) is 1.05. The van der Waals surface area contributed by atoms with Crippen LogP contribution >= 0.6 is 0 Å². The normalized spacial score (nSPS) is 11.0. The van der Waals surface area contributed by atoms with E-state index in [2.05, 4.69) is 17.6 Å². The van der Waals surface area contributed by atoms with Gasteiger partial charge >= 0.3 is 0 Å². The van der Waals surface area contributed by atoms with Crippen molar-refractivity contribution >= 4 is 17.5 Å². The van der Waals surface area contributed by atoms with E-state index in [0.29, 0.717) is 12.0 Å². The Morgan fingerprint density at radius 1 is 1.10 bits per heavy atom. The van der Waals surface area contributed by atoms with Gasteiger partial charge in [-0.2, -0.15) is 0 Å². The van der Waals surface area contributed by atoms with Crippen LogP contribution in [0.3, 0.4) is 0 Å². The van der Waals surface area contributed by atoms with Crippen LogP contribution in [0.1, 0.15) is 57.3 Å². The van der Waals surface area contributed by atoms with Crippen LogP contribution in [-0.2, 0) is 4.79 Å². The number of rotatable bonds is 5. The van der Waals surface area contributed by atoms with Crippen molar-refractivity contribution in [3.63, 3.8) is 0 Å². The zero-order valence-corrected chi connectivity index (χ0v) is 12.7. The molecule has 0 atom stereocenters. The summed E-state index contributed by atoms with van der Waals surface area (Å²) in [6.07, 6.45) is 2.42. The maximum absolute atomic E-state index is 11.9. The molecule has 2 amide bonds. The van der Waals surface area contributed by atoms with Crippen molar-refractivity contribution in [2.75, 3.05) is 5.32 Å². The van der Waals surface area contributed by atoms with Gasteiger partial charge < -0.3 is 10.6 Å². The quantitative estimate of drug-likeness (QED) is 0.866. The van der Waals surface area contributed by atoms with Gasteiger partial charge in [-0.05, 0) is 51.5 Å². The molecule has 4 nitrogen and oxygen atoms in total. The number of carbonyl (C=O) groups excluding carboxylic acids is 2. The summed E-state index contributed by atoms with van der Waals surface area (Å²) >= 11 is 0. The van der Waals surface area contributed by atoms with Crippen LogP contribution < -0.4 is 10.6 Å². The first-order valence-corrected chi connectivity index (χ1v) is 7.04. The minimum Gasteiger partial charge on any atom is -0.347 e. The largest absolute Gasteiger partial charge is 0.347 e. The molecule has 4 heteroatoms. The van der Waals surface area contributed by atoms with Crippen LogP contribution in [0.25, 0.3) is 0 Å². The lowest BCUT2D eigenvalue weighted by Crippen LogP contribution is -2.40. The van der Waals surface area contributed by atoms with Crippen molar-refractivity contribution in [1.29, 1.82) is 0 Å². The number of hydrogen-bond acceptors (Lipinski definition) is 2. The van der Waals surface area contributed by atoms with E-state index in [1.54, 1.807) is 24.3 Å². The number of hydrogen-bond donors (Lipinski definition) is 2. The predicted octanol–water partition coefficient (Wildman–Crippen LogP) is 3.34. The molecule has 0 spiro atoms. The minimum absolute atomic E-state index is 0.0127. The molecule has 0 aliphatic rings. The molecule has 0 aliphatic carbocycles. The molecule has 1 rings (SSSR count). The van der Waals surface area contributed by atoms with Crippen molar-refractivity contribution in [3.8, 4) is 0 Å². The van der Waals surface area contributed by atoms with Gasteiger partial charge in [0.2, 0.25) is 5.91 Å². The SMILES string of the molecule is CCCCC(=O)Nc1ccc(C(=O)NC(C)(C)C)cc1. The molecule has 1 aromatic rings. The Hall–Kier alpha value is -1.84. The zero-order valence-electron chi connectivity index (χ0n) is 12.7. The fourth-order valence-electron chi connectivity index (χ4n) is 1.68. The average Bonchev–Trinajstić information content (AvgIpc) is 2.35. The highest BCUT2D eigenvalue weighted by atomic mass is 16.2. The molecule has 0 aliphatic heterocycles. The van der Waals surface area contributed by atoms with Gasteiger partial charge in [0.05, 0.1) is 0 Å². The molecule has 0 radical (unpaired) electrons. The summed E-state index contributed by atoms with van der Waals surface area (Å²) < 4.78 is 0. The highest BCUT2D eigenvalue weighted by Gasteiger charge is 2.15. The van der Waals surface area contributed by atoms with Gasteiger partial charge in [0.1, 0.15) is 0 Å². The highest BCUT2D eigenvalue weighted by molar-refractivity contribution is 5.96. The summed E-state index contributed by atoms with van der Waals surface area (Å²) in [7, 11) is 0. The second-order valence-corrected chi connectivity index (χ2v) is 5.93. The van der Waals surface area contributed by atoms with Crippen molar-refractivity contribution in [2.45, 2.75) is 52.5 Å². The number of nitrogens with one attached hydrogen (secondary N) is 2. The van der Waals surface area contributed by atoms with E-state index in [1.165, 1.54) is 0 Å². The fraction of sp³-hybridized carbons (Fsp3) is 0.500. The third-order valence-corrected chi connectivity index (χ3v) is 2.68. The molecule has 110 valence electrons. The molecule has 0 saturated carbocycles. The molecule has 0 bridgehead atoms. The Balaban J connectivity index is 2.60. The molecular formula is C16H24N2O2. The Morgan fingerprint density at radius 2 is 1.70 bits per heavy atom. The number of benzene rings is 1. The molecule has 20 heavy (non-hydrogen) atoms. The molecule has 1 aromatic carbocycles. The van der Waals surface area contributed by atoms with Gasteiger partial charge in [0, 0.05) is 23.2 Å². The molecule has 0 saturated heterocycles. The summed E-state index contributed by atoms with van der Waals surface area (Å²) in [4.78, 5) is 23.5. The third-order valence-electron chi connectivity index (χ3n) is 2.68. The summed E-state index contributed by atoms with van der Waals surface area (Å²) in [5, 5.41) is 5.72. The Kier molecular flexibility index (Phi) is 5.74. The molecule has 2 N–H and O–H groups in total. The van der Waals surface area contributed by atoms with Gasteiger partial charge in [-0.15, -0.1) is 0 Å². The molecule has 0 fully saturated rings. The van der Waals surface area contributed by atoms with Gasteiger partial charge in [0.15, 0.2) is 0 Å². The first-order valence-electron chi connectivity index (χ1n) is 7.04. The molecule has 0 heterocycles. The van der Waals surface area contributed by atoms with Crippen molar-refractivity contribution in [1.82, 2.24) is 5.32 Å². The van der Waals surface area contributed by atoms with Crippen LogP contribution in [0.15, 0.2) is 24.3 Å². The average molecular weight is 276 g/mol. The van der Waals surface area contributed by atoms with Gasteiger partial charge in [0.25, 0.3) is 5.91 Å². The van der Waals surface area contributed by atoms with Crippen LogP contribution in [0.2, 0.25) is 0 Å². The lowest BCUT2D eigenvalue weighted by molar-refractivity contribution is -0.116. The van der Waals surface area contributed by atoms with Crippen LogP contribution in [-0.4, -0.2) is 17.4 Å². The molecule has 0 unspecified atom stereocenters. The maximum Gasteiger partial charge on any atom is 0.251 e. The summed E-state index contributed by atoms with van der Waals surface area (Å²) in [6.45, 7) is 7.86. The van der Waals surface area contributed by atoms with E-state index in [0.717, 1.165) is 18.5 Å². The van der Waals surface area contributed by atoms with Gasteiger partial charge in [-0.25, -0.2) is 0 Å². The predicted molar refractivity (Wildman–Crippen MR) is 81.8 cm³/mol. The summed E-state index contributed by atoms with van der Waals surface area (Å²) in [5.74, 6) is -0.0971. The first kappa shape index (κ1) is 16.2. The number of unbranched alkanes of at least 4 members (excludes halogenated alkanes) is 1. The number of amides is 2. The highest BCUT2D eigenvalue weighted by Crippen LogP contribution is 2.11. The van der Waals surface area contributed by atoms with Crippen molar-refractivity contribution < 1.29 is 9.59 Å². The standard InChI is InChI=1S/C16H24N2O2/c1-5-6-7-14(19)17-13-10-8-12(9-11-13)15(20)18-16(2,3)4/h8-11H,5-7H2,1-4H3,(H,17,19)(H,18,20). The lowest BCUT2D eigenvalue weighted by Gasteiger charge is -2.20. The van der Waals surface area contributed by atoms with Crippen LogP contribution in [0.5, 0.6) is 0 Å². The third kappa shape index (κ3) is 5.87. The number of carbonyl (C=O) groups is 2. The molecule has 0 aromatic heterocycles. The Bertz CT molecular complexity index is 458. The zero-order chi connectivity index (χ0) is 15.2. The van der Waals surface area contributed by atoms with Gasteiger partial charge in [-0.3, -0.25) is 9.59 Å². The monoisotopic (exact) mass is 276 g/mol. The van der Waals surface area contributed by atoms with E-state index in [1.807, 2.05) is 20.8 Å². The summed E-state index contributed by atoms with van der Waals surface area (Å²) in [6, 6.07) is 6.94. The van der Waals surface area contributed by atoms with Crippen LogP contribution in [0.4, 0.5) is 5.69 Å². The maximum atomic E-state index is 11.9. The first-order chi connectivity index (χ1) is 9.31.